The molecule has 0 aromatic carbocycles. The fraction of sp³-hybridized carbons (Fsp3) is 0.714. The van der Waals surface area contributed by atoms with Crippen LogP contribution in [0.2, 0.25) is 0 Å². The molecule has 1 aromatic heterocycles. The van der Waals surface area contributed by atoms with Gasteiger partial charge in [0, 0.05) is 24.0 Å². The van der Waals surface area contributed by atoms with Gasteiger partial charge < -0.3 is 5.32 Å². The molecular weight excluding hydrogens is 324 g/mol. The van der Waals surface area contributed by atoms with Gasteiger partial charge in [-0.05, 0) is 54.6 Å². The molecule has 2 heterocycles. The highest BCUT2D eigenvalue weighted by atomic mass is 32.2. The first-order valence-corrected chi connectivity index (χ1v) is 11.0. The van der Waals surface area contributed by atoms with Gasteiger partial charge in [-0.2, -0.15) is 11.8 Å². The van der Waals surface area contributed by atoms with Gasteiger partial charge in [-0.3, -0.25) is 0 Å². The number of rotatable bonds is 7. The zero-order chi connectivity index (χ0) is 14.9. The van der Waals surface area contributed by atoms with Gasteiger partial charge in [0.15, 0.2) is 0 Å². The Bertz CT molecular complexity index is 587. The average Bonchev–Trinajstić information content (AvgIpc) is 2.97. The van der Waals surface area contributed by atoms with Crippen LogP contribution >= 0.6 is 23.1 Å². The molecule has 0 amide bonds. The Hall–Kier alpha value is -0.0800. The molecule has 1 aliphatic heterocycles. The van der Waals surface area contributed by atoms with Crippen molar-refractivity contribution in [3.05, 3.63) is 15.8 Å². The summed E-state index contributed by atoms with van der Waals surface area (Å²) in [7, 11) is -3.38. The predicted octanol–water partition coefficient (Wildman–Crippen LogP) is 2.34. The van der Waals surface area contributed by atoms with Crippen molar-refractivity contribution in [3.8, 4) is 0 Å². The summed E-state index contributed by atoms with van der Waals surface area (Å²) in [5.41, 5.74) is 0.862. The molecule has 0 radical (unpaired) electrons. The quantitative estimate of drug-likeness (QED) is 0.796. The van der Waals surface area contributed by atoms with Gasteiger partial charge in [0.2, 0.25) is 10.0 Å². The molecule has 7 heteroatoms. The number of aryl methyl sites for hydroxylation is 1. The van der Waals surface area contributed by atoms with E-state index < -0.39 is 10.0 Å². The van der Waals surface area contributed by atoms with E-state index in [2.05, 4.69) is 10.0 Å². The van der Waals surface area contributed by atoms with E-state index in [1.54, 1.807) is 11.3 Å². The van der Waals surface area contributed by atoms with Crippen molar-refractivity contribution < 1.29 is 8.42 Å². The van der Waals surface area contributed by atoms with Gasteiger partial charge in [-0.15, -0.1) is 11.3 Å². The highest BCUT2D eigenvalue weighted by Crippen LogP contribution is 2.29. The van der Waals surface area contributed by atoms with Crippen molar-refractivity contribution in [2.45, 2.75) is 43.7 Å². The Morgan fingerprint density at radius 3 is 2.81 bits per heavy atom. The summed E-state index contributed by atoms with van der Waals surface area (Å²) in [5.74, 6) is 2.71. The van der Waals surface area contributed by atoms with Gasteiger partial charge in [0.25, 0.3) is 0 Å². The minimum absolute atomic E-state index is 0.483. The zero-order valence-electron chi connectivity index (χ0n) is 12.2. The van der Waals surface area contributed by atoms with Gasteiger partial charge in [0.1, 0.15) is 4.90 Å². The first kappa shape index (κ1) is 15.8. The molecule has 3 rings (SSSR count). The lowest BCUT2D eigenvalue weighted by Gasteiger charge is -2.12. The van der Waals surface area contributed by atoms with Gasteiger partial charge in [-0.1, -0.05) is 0 Å². The molecule has 0 spiro atoms. The molecule has 1 saturated carbocycles. The van der Waals surface area contributed by atoms with Crippen LogP contribution in [0.25, 0.3) is 0 Å². The molecule has 21 heavy (non-hydrogen) atoms. The van der Waals surface area contributed by atoms with Crippen molar-refractivity contribution >= 4 is 33.1 Å². The lowest BCUT2D eigenvalue weighted by atomic mass is 10.1. The lowest BCUT2D eigenvalue weighted by molar-refractivity contribution is 0.544. The normalized spacial score (nSPS) is 22.8. The SMILES string of the molecule is Cc1csc(CNC2CC2)c1S(=O)(=O)NCC1CCSC1. The van der Waals surface area contributed by atoms with E-state index in [1.807, 2.05) is 24.1 Å². The number of thiophene rings is 1. The molecule has 4 nitrogen and oxygen atoms in total. The maximum Gasteiger partial charge on any atom is 0.241 e. The molecule has 2 N–H and O–H groups in total. The Balaban J connectivity index is 1.68. The highest BCUT2D eigenvalue weighted by molar-refractivity contribution is 7.99. The minimum Gasteiger partial charge on any atom is -0.309 e. The Kier molecular flexibility index (Phi) is 4.95. The molecule has 0 bridgehead atoms. The molecule has 2 aliphatic rings. The third-order valence-corrected chi connectivity index (χ3v) is 8.09. The minimum atomic E-state index is -3.38. The van der Waals surface area contributed by atoms with Crippen LogP contribution in [0.3, 0.4) is 0 Å². The molecule has 1 saturated heterocycles. The van der Waals surface area contributed by atoms with E-state index in [9.17, 15) is 8.42 Å². The molecule has 118 valence electrons. The second-order valence-corrected chi connectivity index (χ2v) is 9.73. The average molecular weight is 347 g/mol. The van der Waals surface area contributed by atoms with E-state index in [-0.39, 0.29) is 0 Å². The standard InChI is InChI=1S/C14H22N2O2S3/c1-10-8-20-13(7-15-12-2-3-12)14(10)21(17,18)16-6-11-4-5-19-9-11/h8,11-12,15-16H,2-7,9H2,1H3. The number of sulfonamides is 1. The predicted molar refractivity (Wildman–Crippen MR) is 89.5 cm³/mol. The van der Waals surface area contributed by atoms with Crippen molar-refractivity contribution in [3.63, 3.8) is 0 Å². The summed E-state index contributed by atoms with van der Waals surface area (Å²) in [6.07, 6.45) is 3.54. The zero-order valence-corrected chi connectivity index (χ0v) is 14.7. The maximum absolute atomic E-state index is 12.6. The van der Waals surface area contributed by atoms with E-state index in [0.29, 0.717) is 29.9 Å². The fourth-order valence-electron chi connectivity index (χ4n) is 2.54. The van der Waals surface area contributed by atoms with Crippen LogP contribution in [0.1, 0.15) is 29.7 Å². The summed E-state index contributed by atoms with van der Waals surface area (Å²) in [6, 6.07) is 0.589. The van der Waals surface area contributed by atoms with Crippen LogP contribution in [-0.2, 0) is 16.6 Å². The second-order valence-electron chi connectivity index (χ2n) is 5.91. The Morgan fingerprint density at radius 1 is 1.33 bits per heavy atom. The molecule has 1 aliphatic carbocycles. The van der Waals surface area contributed by atoms with E-state index >= 15 is 0 Å². The number of hydrogen-bond acceptors (Lipinski definition) is 5. The fourth-order valence-corrected chi connectivity index (χ4v) is 6.70. The molecule has 1 unspecified atom stereocenters. The van der Waals surface area contributed by atoms with Crippen molar-refractivity contribution in [1.82, 2.24) is 10.0 Å². The van der Waals surface area contributed by atoms with Crippen molar-refractivity contribution in [2.75, 3.05) is 18.1 Å². The smallest absolute Gasteiger partial charge is 0.241 e. The first-order chi connectivity index (χ1) is 10.1. The van der Waals surface area contributed by atoms with E-state index in [1.165, 1.54) is 12.8 Å². The van der Waals surface area contributed by atoms with Crippen LogP contribution in [0.5, 0.6) is 0 Å². The van der Waals surface area contributed by atoms with Crippen LogP contribution in [0, 0.1) is 12.8 Å². The van der Waals surface area contributed by atoms with Crippen LogP contribution in [0.15, 0.2) is 10.3 Å². The number of hydrogen-bond donors (Lipinski definition) is 2. The topological polar surface area (TPSA) is 58.2 Å². The van der Waals surface area contributed by atoms with Crippen molar-refractivity contribution in [2.24, 2.45) is 5.92 Å². The van der Waals surface area contributed by atoms with Gasteiger partial charge in [-0.25, -0.2) is 13.1 Å². The van der Waals surface area contributed by atoms with E-state index in [0.717, 1.165) is 28.4 Å². The Labute approximate surface area is 135 Å². The molecule has 1 aromatic rings. The number of nitrogens with one attached hydrogen (secondary N) is 2. The maximum atomic E-state index is 12.6. The third kappa shape index (κ3) is 4.01. The van der Waals surface area contributed by atoms with Crippen molar-refractivity contribution in [1.29, 1.82) is 0 Å². The van der Waals surface area contributed by atoms with Gasteiger partial charge >= 0.3 is 0 Å². The largest absolute Gasteiger partial charge is 0.309 e. The molecule has 2 fully saturated rings. The third-order valence-electron chi connectivity index (χ3n) is 3.97. The van der Waals surface area contributed by atoms with E-state index in [4.69, 9.17) is 0 Å². The summed E-state index contributed by atoms with van der Waals surface area (Å²) < 4.78 is 28.1. The highest BCUT2D eigenvalue weighted by Gasteiger charge is 2.26. The van der Waals surface area contributed by atoms with Crippen LogP contribution < -0.4 is 10.0 Å². The first-order valence-electron chi connectivity index (χ1n) is 7.44. The summed E-state index contributed by atoms with van der Waals surface area (Å²) in [6.45, 7) is 3.12. The molecule has 1 atom stereocenters. The summed E-state index contributed by atoms with van der Waals surface area (Å²) >= 11 is 3.46. The van der Waals surface area contributed by atoms with Crippen LogP contribution in [0.4, 0.5) is 0 Å². The summed E-state index contributed by atoms with van der Waals surface area (Å²) in [5, 5.41) is 5.36. The van der Waals surface area contributed by atoms with Gasteiger partial charge in [0.05, 0.1) is 0 Å². The lowest BCUT2D eigenvalue weighted by Crippen LogP contribution is -2.30. The number of thioether (sulfide) groups is 1. The summed E-state index contributed by atoms with van der Waals surface area (Å²) in [4.78, 5) is 1.44. The Morgan fingerprint density at radius 2 is 2.14 bits per heavy atom. The van der Waals surface area contributed by atoms with Crippen LogP contribution in [-0.4, -0.2) is 32.5 Å². The monoisotopic (exact) mass is 346 g/mol. The molecular formula is C14H22N2O2S3. The second kappa shape index (κ2) is 6.58.